The number of methoxy groups -OCH3 is 1. The third kappa shape index (κ3) is 5.79. The van der Waals surface area contributed by atoms with E-state index in [1.54, 1.807) is 50.4 Å². The maximum Gasteiger partial charge on any atom is 0.265 e. The molecule has 1 atom stereocenters. The third-order valence-electron chi connectivity index (χ3n) is 4.93. The van der Waals surface area contributed by atoms with E-state index in [0.717, 1.165) is 11.1 Å². The van der Waals surface area contributed by atoms with E-state index in [1.807, 2.05) is 19.9 Å². The van der Waals surface area contributed by atoms with Gasteiger partial charge >= 0.3 is 0 Å². The fourth-order valence-corrected chi connectivity index (χ4v) is 3.94. The minimum absolute atomic E-state index is 0.0938. The van der Waals surface area contributed by atoms with Gasteiger partial charge < -0.3 is 14.8 Å². The number of anilines is 2. The first kappa shape index (κ1) is 23.1. The van der Waals surface area contributed by atoms with Crippen molar-refractivity contribution in [1.29, 1.82) is 0 Å². The number of amides is 1. The van der Waals surface area contributed by atoms with Gasteiger partial charge in [0.1, 0.15) is 11.5 Å². The van der Waals surface area contributed by atoms with Crippen molar-refractivity contribution in [2.24, 2.45) is 0 Å². The average Bonchev–Trinajstić information content (AvgIpc) is 2.77. The van der Waals surface area contributed by atoms with Gasteiger partial charge in [-0.05, 0) is 92.6 Å². The zero-order valence-corrected chi connectivity index (χ0v) is 19.2. The fourth-order valence-electron chi connectivity index (χ4n) is 2.89. The molecule has 3 aromatic carbocycles. The topological polar surface area (TPSA) is 93.7 Å². The highest BCUT2D eigenvalue weighted by atomic mass is 32.2. The minimum Gasteiger partial charge on any atom is -0.497 e. The number of carbonyl (C=O) groups excluding carboxylic acids is 1. The number of ether oxygens (including phenoxy) is 2. The van der Waals surface area contributed by atoms with E-state index in [9.17, 15) is 13.2 Å². The number of hydrogen-bond donors (Lipinski definition) is 2. The predicted octanol–water partition coefficient (Wildman–Crippen LogP) is 4.52. The van der Waals surface area contributed by atoms with Gasteiger partial charge in [0, 0.05) is 11.4 Å². The highest BCUT2D eigenvalue weighted by Gasteiger charge is 2.17. The number of carbonyl (C=O) groups is 1. The molecule has 7 nitrogen and oxygen atoms in total. The summed E-state index contributed by atoms with van der Waals surface area (Å²) in [6.45, 7) is 5.51. The summed E-state index contributed by atoms with van der Waals surface area (Å²) in [7, 11) is -2.18. The average molecular weight is 455 g/mol. The zero-order chi connectivity index (χ0) is 23.3. The summed E-state index contributed by atoms with van der Waals surface area (Å²) >= 11 is 0. The molecule has 0 radical (unpaired) electrons. The molecule has 32 heavy (non-hydrogen) atoms. The summed E-state index contributed by atoms with van der Waals surface area (Å²) in [5.74, 6) is 0.869. The van der Waals surface area contributed by atoms with Gasteiger partial charge in [0.15, 0.2) is 6.10 Å². The second kappa shape index (κ2) is 9.74. The van der Waals surface area contributed by atoms with Crippen LogP contribution in [0.5, 0.6) is 11.5 Å². The monoisotopic (exact) mass is 454 g/mol. The molecule has 0 saturated heterocycles. The Morgan fingerprint density at radius 1 is 0.844 bits per heavy atom. The molecule has 1 amide bonds. The van der Waals surface area contributed by atoms with Crippen LogP contribution in [0.1, 0.15) is 18.1 Å². The van der Waals surface area contributed by atoms with Gasteiger partial charge in [-0.1, -0.05) is 6.07 Å². The molecular weight excluding hydrogens is 428 g/mol. The Bertz CT molecular complexity index is 1190. The van der Waals surface area contributed by atoms with Crippen LogP contribution in [0.4, 0.5) is 11.4 Å². The van der Waals surface area contributed by atoms with Crippen molar-refractivity contribution in [3.63, 3.8) is 0 Å². The maximum absolute atomic E-state index is 12.7. The summed E-state index contributed by atoms with van der Waals surface area (Å²) in [5, 5.41) is 2.72. The van der Waals surface area contributed by atoms with Crippen LogP contribution in [0.3, 0.4) is 0 Å². The van der Waals surface area contributed by atoms with Gasteiger partial charge in [-0.2, -0.15) is 0 Å². The van der Waals surface area contributed by atoms with E-state index in [-0.39, 0.29) is 10.8 Å². The van der Waals surface area contributed by atoms with Crippen molar-refractivity contribution in [3.05, 3.63) is 77.9 Å². The molecule has 168 valence electrons. The lowest BCUT2D eigenvalue weighted by Crippen LogP contribution is -2.30. The third-order valence-corrected chi connectivity index (χ3v) is 6.33. The van der Waals surface area contributed by atoms with Crippen molar-refractivity contribution in [3.8, 4) is 11.5 Å². The normalized spacial score (nSPS) is 12.0. The Hall–Kier alpha value is -3.52. The van der Waals surface area contributed by atoms with Crippen molar-refractivity contribution in [1.82, 2.24) is 0 Å². The number of benzene rings is 3. The molecule has 0 fully saturated rings. The van der Waals surface area contributed by atoms with E-state index in [2.05, 4.69) is 10.0 Å². The summed E-state index contributed by atoms with van der Waals surface area (Å²) < 4.78 is 38.6. The minimum atomic E-state index is -3.75. The highest BCUT2D eigenvalue weighted by Crippen LogP contribution is 2.21. The lowest BCUT2D eigenvalue weighted by molar-refractivity contribution is -0.122. The molecule has 0 aliphatic carbocycles. The summed E-state index contributed by atoms with van der Waals surface area (Å²) in [4.78, 5) is 12.5. The number of sulfonamides is 1. The van der Waals surface area contributed by atoms with Crippen molar-refractivity contribution >= 4 is 27.3 Å². The molecule has 0 heterocycles. The maximum atomic E-state index is 12.7. The second-order valence-electron chi connectivity index (χ2n) is 7.35. The number of hydrogen-bond acceptors (Lipinski definition) is 5. The van der Waals surface area contributed by atoms with Crippen LogP contribution in [-0.2, 0) is 14.8 Å². The molecule has 0 bridgehead atoms. The van der Waals surface area contributed by atoms with Crippen molar-refractivity contribution < 1.29 is 22.7 Å². The van der Waals surface area contributed by atoms with Crippen molar-refractivity contribution in [2.75, 3.05) is 17.1 Å². The Morgan fingerprint density at radius 3 is 2.03 bits per heavy atom. The van der Waals surface area contributed by atoms with Gasteiger partial charge in [0.25, 0.3) is 15.9 Å². The molecule has 8 heteroatoms. The van der Waals surface area contributed by atoms with E-state index >= 15 is 0 Å². The number of nitrogens with one attached hydrogen (secondary N) is 2. The van der Waals surface area contributed by atoms with Crippen LogP contribution in [0.2, 0.25) is 0 Å². The Labute approximate surface area is 188 Å². The number of rotatable bonds is 8. The van der Waals surface area contributed by atoms with Gasteiger partial charge in [-0.3, -0.25) is 9.52 Å². The quantitative estimate of drug-likeness (QED) is 0.522. The first-order valence-electron chi connectivity index (χ1n) is 9.99. The van der Waals surface area contributed by atoms with Crippen LogP contribution in [0, 0.1) is 13.8 Å². The van der Waals surface area contributed by atoms with Gasteiger partial charge in [-0.15, -0.1) is 0 Å². The van der Waals surface area contributed by atoms with E-state index < -0.39 is 16.1 Å². The molecule has 2 N–H and O–H groups in total. The Morgan fingerprint density at radius 2 is 1.44 bits per heavy atom. The second-order valence-corrected chi connectivity index (χ2v) is 9.04. The van der Waals surface area contributed by atoms with Gasteiger partial charge in [0.2, 0.25) is 0 Å². The van der Waals surface area contributed by atoms with E-state index in [1.165, 1.54) is 24.3 Å². The molecule has 0 aromatic heterocycles. The molecule has 3 rings (SSSR count). The van der Waals surface area contributed by atoms with Crippen molar-refractivity contribution in [2.45, 2.75) is 31.8 Å². The summed E-state index contributed by atoms with van der Waals surface area (Å²) in [6, 6.07) is 18.2. The van der Waals surface area contributed by atoms with Crippen LogP contribution in [0.25, 0.3) is 0 Å². The Balaban J connectivity index is 1.62. The molecule has 0 saturated carbocycles. The standard InChI is InChI=1S/C24H26N2O5S/c1-16-5-6-20(15-17(16)2)26-32(28,29)23-13-7-19(8-14-23)25-24(27)18(3)31-22-11-9-21(30-4)10-12-22/h5-15,18,26H,1-4H3,(H,25,27)/t18-/m1/s1. The van der Waals surface area contributed by atoms with E-state index in [4.69, 9.17) is 9.47 Å². The van der Waals surface area contributed by atoms with Crippen LogP contribution < -0.4 is 19.5 Å². The van der Waals surface area contributed by atoms with Gasteiger partial charge in [0.05, 0.1) is 12.0 Å². The molecule has 0 spiro atoms. The van der Waals surface area contributed by atoms with Crippen LogP contribution >= 0.6 is 0 Å². The summed E-state index contributed by atoms with van der Waals surface area (Å²) in [5.41, 5.74) is 3.03. The lowest BCUT2D eigenvalue weighted by Gasteiger charge is -2.15. The molecule has 3 aromatic rings. The fraction of sp³-hybridized carbons (Fsp3) is 0.208. The number of aryl methyl sites for hydroxylation is 2. The smallest absolute Gasteiger partial charge is 0.265 e. The van der Waals surface area contributed by atoms with Gasteiger partial charge in [-0.25, -0.2) is 8.42 Å². The van der Waals surface area contributed by atoms with Crippen LogP contribution in [0.15, 0.2) is 71.6 Å². The molecular formula is C24H26N2O5S. The first-order valence-corrected chi connectivity index (χ1v) is 11.5. The van der Waals surface area contributed by atoms with Crippen LogP contribution in [-0.4, -0.2) is 27.5 Å². The molecule has 0 aliphatic rings. The molecule has 0 aliphatic heterocycles. The first-order chi connectivity index (χ1) is 15.2. The van der Waals surface area contributed by atoms with E-state index in [0.29, 0.717) is 22.9 Å². The largest absolute Gasteiger partial charge is 0.497 e. The molecule has 0 unspecified atom stereocenters. The zero-order valence-electron chi connectivity index (χ0n) is 18.4. The highest BCUT2D eigenvalue weighted by molar-refractivity contribution is 7.92. The summed E-state index contributed by atoms with van der Waals surface area (Å²) in [6.07, 6.45) is -0.752. The SMILES string of the molecule is COc1ccc(O[C@H](C)C(=O)Nc2ccc(S(=O)(=O)Nc3ccc(C)c(C)c3)cc2)cc1. The Kier molecular flexibility index (Phi) is 7.05. The lowest BCUT2D eigenvalue weighted by atomic mass is 10.1. The predicted molar refractivity (Wildman–Crippen MR) is 125 cm³/mol.